The number of anilines is 2. The maximum atomic E-state index is 12.3. The van der Waals surface area contributed by atoms with Crippen LogP contribution in [-0.4, -0.2) is 8.42 Å². The molecule has 0 amide bonds. The minimum absolute atomic E-state index is 0.0515. The summed E-state index contributed by atoms with van der Waals surface area (Å²) in [6, 6.07) is 9.04. The fourth-order valence-corrected chi connectivity index (χ4v) is 3.81. The lowest BCUT2D eigenvalue weighted by Gasteiger charge is -2.11. The van der Waals surface area contributed by atoms with Crippen LogP contribution in [0.4, 0.5) is 11.4 Å². The predicted octanol–water partition coefficient (Wildman–Crippen LogP) is 4.14. The highest BCUT2D eigenvalue weighted by Crippen LogP contribution is 2.32. The molecule has 2 aromatic rings. The van der Waals surface area contributed by atoms with Gasteiger partial charge in [-0.15, -0.1) is 0 Å². The molecule has 0 bridgehead atoms. The number of hydrogen-bond donors (Lipinski definition) is 2. The lowest BCUT2D eigenvalue weighted by molar-refractivity contribution is 0.601. The van der Waals surface area contributed by atoms with Crippen LogP contribution in [0.2, 0.25) is 10.0 Å². The van der Waals surface area contributed by atoms with Crippen molar-refractivity contribution in [2.75, 3.05) is 10.5 Å². The first-order valence-corrected chi connectivity index (χ1v) is 8.36. The van der Waals surface area contributed by atoms with Gasteiger partial charge < -0.3 is 5.73 Å². The van der Waals surface area contributed by atoms with Crippen molar-refractivity contribution >= 4 is 60.5 Å². The molecule has 0 spiro atoms. The van der Waals surface area contributed by atoms with Crippen LogP contribution in [0.5, 0.6) is 0 Å². The Morgan fingerprint density at radius 1 is 1.10 bits per heavy atom. The van der Waals surface area contributed by atoms with Crippen molar-refractivity contribution in [2.24, 2.45) is 0 Å². The normalized spacial score (nSPS) is 11.3. The van der Waals surface area contributed by atoms with Crippen molar-refractivity contribution in [3.05, 3.63) is 50.9 Å². The summed E-state index contributed by atoms with van der Waals surface area (Å²) in [7, 11) is -3.83. The molecule has 0 heterocycles. The second-order valence-corrected chi connectivity index (χ2v) is 7.15. The molecule has 2 rings (SSSR count). The van der Waals surface area contributed by atoms with Crippen LogP contribution in [0.1, 0.15) is 0 Å². The summed E-state index contributed by atoms with van der Waals surface area (Å²) in [4.78, 5) is -0.0553. The summed E-state index contributed by atoms with van der Waals surface area (Å²) in [5, 5.41) is 0.448. The Labute approximate surface area is 135 Å². The van der Waals surface area contributed by atoms with Gasteiger partial charge in [-0.2, -0.15) is 0 Å². The fraction of sp³-hybridized carbons (Fsp3) is 0. The van der Waals surface area contributed by atoms with Crippen molar-refractivity contribution in [1.82, 2.24) is 0 Å². The molecule has 0 aliphatic heterocycles. The number of benzene rings is 2. The maximum Gasteiger partial charge on any atom is 0.263 e. The van der Waals surface area contributed by atoms with Gasteiger partial charge in [0.2, 0.25) is 0 Å². The Kier molecular flexibility index (Phi) is 4.49. The lowest BCUT2D eigenvalue weighted by Crippen LogP contribution is -2.14. The van der Waals surface area contributed by atoms with Gasteiger partial charge in [-0.3, -0.25) is 4.72 Å². The van der Waals surface area contributed by atoms with Crippen molar-refractivity contribution in [3.8, 4) is 0 Å². The molecule has 20 heavy (non-hydrogen) atoms. The highest BCUT2D eigenvalue weighted by molar-refractivity contribution is 9.10. The zero-order chi connectivity index (χ0) is 14.9. The molecule has 0 fully saturated rings. The van der Waals surface area contributed by atoms with E-state index in [1.54, 1.807) is 18.2 Å². The standard InChI is InChI=1S/C12H9BrCl2N2O2S/c13-12-8(14)2-1-3-10(12)17-20(18,19)11-5-4-7(16)6-9(11)15/h1-6,17H,16H2. The van der Waals surface area contributed by atoms with Gasteiger partial charge in [0.1, 0.15) is 4.90 Å². The Morgan fingerprint density at radius 2 is 1.80 bits per heavy atom. The molecule has 0 aromatic heterocycles. The van der Waals surface area contributed by atoms with E-state index in [9.17, 15) is 8.42 Å². The van der Waals surface area contributed by atoms with E-state index in [0.29, 0.717) is 20.9 Å². The molecule has 106 valence electrons. The van der Waals surface area contributed by atoms with Gasteiger partial charge in [0.15, 0.2) is 0 Å². The van der Waals surface area contributed by atoms with Crippen molar-refractivity contribution in [3.63, 3.8) is 0 Å². The van der Waals surface area contributed by atoms with Gasteiger partial charge >= 0.3 is 0 Å². The molecular formula is C12H9BrCl2N2O2S. The second-order valence-electron chi connectivity index (χ2n) is 3.90. The van der Waals surface area contributed by atoms with E-state index < -0.39 is 10.0 Å². The van der Waals surface area contributed by atoms with Crippen LogP contribution in [0.25, 0.3) is 0 Å². The third-order valence-corrected chi connectivity index (χ3v) is 5.69. The SMILES string of the molecule is Nc1ccc(S(=O)(=O)Nc2cccc(Cl)c2Br)c(Cl)c1. The minimum atomic E-state index is -3.83. The van der Waals surface area contributed by atoms with Crippen LogP contribution in [0.3, 0.4) is 0 Å². The summed E-state index contributed by atoms with van der Waals surface area (Å²) < 4.78 is 27.5. The average molecular weight is 396 g/mol. The van der Waals surface area contributed by atoms with E-state index in [1.807, 2.05) is 0 Å². The summed E-state index contributed by atoms with van der Waals surface area (Å²) in [6.45, 7) is 0. The number of halogens is 3. The van der Waals surface area contributed by atoms with E-state index in [4.69, 9.17) is 28.9 Å². The van der Waals surface area contributed by atoms with Crippen LogP contribution in [-0.2, 0) is 10.0 Å². The number of nitrogen functional groups attached to an aromatic ring is 1. The lowest BCUT2D eigenvalue weighted by atomic mass is 10.3. The van der Waals surface area contributed by atoms with Crippen molar-refractivity contribution in [1.29, 1.82) is 0 Å². The number of nitrogens with one attached hydrogen (secondary N) is 1. The van der Waals surface area contributed by atoms with Crippen LogP contribution < -0.4 is 10.5 Å². The first kappa shape index (κ1) is 15.4. The highest BCUT2D eigenvalue weighted by Gasteiger charge is 2.19. The Balaban J connectivity index is 2.44. The molecule has 4 nitrogen and oxygen atoms in total. The Hall–Kier alpha value is -0.950. The zero-order valence-corrected chi connectivity index (χ0v) is 13.8. The van der Waals surface area contributed by atoms with Gasteiger partial charge in [-0.25, -0.2) is 8.42 Å². The summed E-state index contributed by atoms with van der Waals surface area (Å²) >= 11 is 15.1. The monoisotopic (exact) mass is 394 g/mol. The molecule has 0 atom stereocenters. The van der Waals surface area contributed by atoms with Gasteiger partial charge in [0.25, 0.3) is 10.0 Å². The number of nitrogens with two attached hydrogens (primary N) is 1. The quantitative estimate of drug-likeness (QED) is 0.767. The largest absolute Gasteiger partial charge is 0.399 e. The first-order valence-electron chi connectivity index (χ1n) is 5.33. The van der Waals surface area contributed by atoms with Gasteiger partial charge in [0.05, 0.1) is 20.2 Å². The van der Waals surface area contributed by atoms with Crippen LogP contribution >= 0.6 is 39.1 Å². The summed E-state index contributed by atoms with van der Waals surface area (Å²) in [6.07, 6.45) is 0. The molecule has 0 aliphatic rings. The highest BCUT2D eigenvalue weighted by atomic mass is 79.9. The molecule has 3 N–H and O–H groups in total. The molecule has 8 heteroatoms. The van der Waals surface area contributed by atoms with Crippen LogP contribution in [0, 0.1) is 0 Å². The Bertz CT molecular complexity index is 766. The molecule has 0 unspecified atom stereocenters. The molecule has 0 saturated heterocycles. The molecule has 2 aromatic carbocycles. The minimum Gasteiger partial charge on any atom is -0.399 e. The van der Waals surface area contributed by atoms with Gasteiger partial charge in [-0.1, -0.05) is 29.3 Å². The first-order chi connectivity index (χ1) is 9.31. The smallest absolute Gasteiger partial charge is 0.263 e. The Morgan fingerprint density at radius 3 is 2.45 bits per heavy atom. The van der Waals surface area contributed by atoms with Gasteiger partial charge in [0, 0.05) is 5.69 Å². The average Bonchev–Trinajstić information content (AvgIpc) is 2.34. The molecule has 0 radical (unpaired) electrons. The third-order valence-electron chi connectivity index (χ3n) is 2.44. The van der Waals surface area contributed by atoms with E-state index in [1.165, 1.54) is 18.2 Å². The summed E-state index contributed by atoms with van der Waals surface area (Å²) in [5.41, 5.74) is 6.25. The summed E-state index contributed by atoms with van der Waals surface area (Å²) in [5.74, 6) is 0. The van der Waals surface area contributed by atoms with E-state index in [2.05, 4.69) is 20.7 Å². The molecule has 0 saturated carbocycles. The topological polar surface area (TPSA) is 72.2 Å². The number of hydrogen-bond acceptors (Lipinski definition) is 3. The van der Waals surface area contributed by atoms with Crippen molar-refractivity contribution < 1.29 is 8.42 Å². The van der Waals surface area contributed by atoms with E-state index >= 15 is 0 Å². The fourth-order valence-electron chi connectivity index (χ4n) is 1.52. The third kappa shape index (κ3) is 3.20. The molecular weight excluding hydrogens is 387 g/mol. The number of rotatable bonds is 3. The molecule has 0 aliphatic carbocycles. The predicted molar refractivity (Wildman–Crippen MR) is 85.8 cm³/mol. The zero-order valence-electron chi connectivity index (χ0n) is 9.90. The van der Waals surface area contributed by atoms with Crippen molar-refractivity contribution in [2.45, 2.75) is 4.90 Å². The maximum absolute atomic E-state index is 12.3. The van der Waals surface area contributed by atoms with E-state index in [0.717, 1.165) is 0 Å². The number of sulfonamides is 1. The van der Waals surface area contributed by atoms with Crippen LogP contribution in [0.15, 0.2) is 45.8 Å². The van der Waals surface area contributed by atoms with Gasteiger partial charge in [-0.05, 0) is 46.3 Å². The van der Waals surface area contributed by atoms with E-state index in [-0.39, 0.29) is 9.92 Å². The second kappa shape index (κ2) is 5.81.